The lowest BCUT2D eigenvalue weighted by molar-refractivity contribution is -0.115. The molecule has 2 aromatic carbocycles. The minimum Gasteiger partial charge on any atom is -0.410 e. The number of hydrogen-bond acceptors (Lipinski definition) is 5. The second-order valence-electron chi connectivity index (χ2n) is 6.92. The zero-order valence-electron chi connectivity index (χ0n) is 16.0. The lowest BCUT2D eigenvalue weighted by atomic mass is 10.1. The van der Waals surface area contributed by atoms with Gasteiger partial charge in [-0.15, -0.1) is 11.8 Å². The van der Waals surface area contributed by atoms with E-state index in [1.807, 2.05) is 19.1 Å². The molecule has 3 amide bonds. The van der Waals surface area contributed by atoms with Crippen LogP contribution in [0.3, 0.4) is 0 Å². The van der Waals surface area contributed by atoms with Gasteiger partial charge in [-0.2, -0.15) is 0 Å². The van der Waals surface area contributed by atoms with Gasteiger partial charge in [-0.25, -0.2) is 4.79 Å². The number of carbonyl (C=O) groups is 3. The molecule has 1 fully saturated rings. The van der Waals surface area contributed by atoms with Crippen molar-refractivity contribution >= 4 is 35.4 Å². The number of nitrogens with zero attached hydrogens (tertiary/aromatic N) is 2. The number of ether oxygens (including phenoxy) is 1. The number of rotatable bonds is 2. The van der Waals surface area contributed by atoms with Gasteiger partial charge in [-0.05, 0) is 37.3 Å². The van der Waals surface area contributed by atoms with E-state index in [9.17, 15) is 14.4 Å². The van der Waals surface area contributed by atoms with Crippen LogP contribution in [0.4, 0.5) is 10.5 Å². The first-order valence-corrected chi connectivity index (χ1v) is 10.3. The largest absolute Gasteiger partial charge is 0.415 e. The predicted molar refractivity (Wildman–Crippen MR) is 110 cm³/mol. The lowest BCUT2D eigenvalue weighted by Gasteiger charge is -2.34. The number of hydrogen-bond donors (Lipinski definition) is 1. The number of piperazine rings is 1. The van der Waals surface area contributed by atoms with Crippen molar-refractivity contribution in [3.63, 3.8) is 0 Å². The van der Waals surface area contributed by atoms with Crippen molar-refractivity contribution in [1.82, 2.24) is 9.80 Å². The highest BCUT2D eigenvalue weighted by molar-refractivity contribution is 8.00. The molecule has 150 valence electrons. The summed E-state index contributed by atoms with van der Waals surface area (Å²) in [6.45, 7) is 3.53. The quantitative estimate of drug-likeness (QED) is 0.822. The third-order valence-corrected chi connectivity index (χ3v) is 6.11. The molecule has 4 rings (SSSR count). The highest BCUT2D eigenvalue weighted by Gasteiger charge is 2.28. The summed E-state index contributed by atoms with van der Waals surface area (Å²) >= 11 is 1.49. The zero-order valence-corrected chi connectivity index (χ0v) is 16.8. The Labute approximate surface area is 173 Å². The maximum Gasteiger partial charge on any atom is 0.415 e. The number of benzene rings is 2. The molecule has 0 saturated carbocycles. The van der Waals surface area contributed by atoms with Crippen molar-refractivity contribution in [2.75, 3.05) is 31.5 Å². The molecule has 1 atom stereocenters. The van der Waals surface area contributed by atoms with Crippen molar-refractivity contribution < 1.29 is 19.1 Å². The molecule has 1 saturated heterocycles. The maximum absolute atomic E-state index is 12.9. The van der Waals surface area contributed by atoms with Crippen LogP contribution in [0, 0.1) is 0 Å². The first-order chi connectivity index (χ1) is 14.0. The lowest BCUT2D eigenvalue weighted by Crippen LogP contribution is -2.51. The molecule has 1 N–H and O–H groups in total. The molecule has 2 heterocycles. The molecule has 0 spiro atoms. The van der Waals surface area contributed by atoms with E-state index in [1.54, 1.807) is 46.2 Å². The van der Waals surface area contributed by atoms with E-state index in [2.05, 4.69) is 5.32 Å². The van der Waals surface area contributed by atoms with E-state index in [1.165, 1.54) is 11.8 Å². The Balaban J connectivity index is 1.36. The summed E-state index contributed by atoms with van der Waals surface area (Å²) in [5.74, 6) is 0.332. The van der Waals surface area contributed by atoms with Gasteiger partial charge in [0, 0.05) is 36.6 Å². The minimum atomic E-state index is -0.411. The van der Waals surface area contributed by atoms with Gasteiger partial charge in [0.15, 0.2) is 0 Å². The summed E-state index contributed by atoms with van der Waals surface area (Å²) in [6.07, 6.45) is -0.411. The Morgan fingerprint density at radius 2 is 1.72 bits per heavy atom. The number of thioether (sulfide) groups is 1. The fourth-order valence-corrected chi connectivity index (χ4v) is 4.20. The second kappa shape index (κ2) is 8.16. The average Bonchev–Trinajstić information content (AvgIpc) is 2.74. The topological polar surface area (TPSA) is 79.0 Å². The Hall–Kier alpha value is -3.00. The number of amides is 3. The van der Waals surface area contributed by atoms with Gasteiger partial charge in [0.25, 0.3) is 5.91 Å². The van der Waals surface area contributed by atoms with Gasteiger partial charge >= 0.3 is 6.09 Å². The molecule has 0 radical (unpaired) electrons. The number of carbonyl (C=O) groups excluding carboxylic acids is 3. The van der Waals surface area contributed by atoms with Crippen molar-refractivity contribution in [3.05, 3.63) is 54.1 Å². The van der Waals surface area contributed by atoms with Crippen LogP contribution in [0.5, 0.6) is 5.75 Å². The van der Waals surface area contributed by atoms with Crippen LogP contribution in [0.1, 0.15) is 17.3 Å². The van der Waals surface area contributed by atoms with Crippen molar-refractivity contribution in [2.24, 2.45) is 0 Å². The number of fused-ring (bicyclic) bond motifs is 1. The fourth-order valence-electron chi connectivity index (χ4n) is 3.27. The Morgan fingerprint density at radius 3 is 2.45 bits per heavy atom. The van der Waals surface area contributed by atoms with Gasteiger partial charge in [0.05, 0.1) is 10.9 Å². The standard InChI is InChI=1S/C21H21N3O4S/c1-14-19(25)22-17-13-15(7-8-18(17)29-14)20(26)23-9-11-24(12-10-23)21(27)28-16-5-3-2-4-6-16/h2-8,13-14H,9-12H2,1H3,(H,22,25)/t14-/m0/s1. The number of para-hydroxylation sites is 1. The van der Waals surface area contributed by atoms with Gasteiger partial charge < -0.3 is 19.9 Å². The first-order valence-electron chi connectivity index (χ1n) is 9.44. The van der Waals surface area contributed by atoms with Gasteiger partial charge in [-0.1, -0.05) is 18.2 Å². The van der Waals surface area contributed by atoms with Crippen LogP contribution in [-0.2, 0) is 4.79 Å². The molecule has 0 bridgehead atoms. The van der Waals surface area contributed by atoms with E-state index >= 15 is 0 Å². The van der Waals surface area contributed by atoms with Crippen molar-refractivity contribution in [3.8, 4) is 5.75 Å². The van der Waals surface area contributed by atoms with Crippen LogP contribution in [0.2, 0.25) is 0 Å². The molecule has 29 heavy (non-hydrogen) atoms. The molecule has 2 aliphatic heterocycles. The highest BCUT2D eigenvalue weighted by atomic mass is 32.2. The summed E-state index contributed by atoms with van der Waals surface area (Å²) in [6, 6.07) is 14.3. The molecule has 2 aromatic rings. The molecule has 0 aliphatic carbocycles. The van der Waals surface area contributed by atoms with E-state index in [0.717, 1.165) is 4.90 Å². The zero-order chi connectivity index (χ0) is 20.4. The summed E-state index contributed by atoms with van der Waals surface area (Å²) in [7, 11) is 0. The third-order valence-electron chi connectivity index (χ3n) is 4.93. The van der Waals surface area contributed by atoms with E-state index in [4.69, 9.17) is 4.74 Å². The van der Waals surface area contributed by atoms with Gasteiger partial charge in [0.1, 0.15) is 5.75 Å². The number of nitrogens with one attached hydrogen (secondary N) is 1. The molecule has 8 heteroatoms. The van der Waals surface area contributed by atoms with E-state index in [0.29, 0.717) is 43.2 Å². The Bertz CT molecular complexity index is 942. The molecule has 0 aromatic heterocycles. The minimum absolute atomic E-state index is 0.0577. The summed E-state index contributed by atoms with van der Waals surface area (Å²) in [4.78, 5) is 41.3. The number of anilines is 1. The molecule has 7 nitrogen and oxygen atoms in total. The average molecular weight is 411 g/mol. The van der Waals surface area contributed by atoms with Crippen molar-refractivity contribution in [2.45, 2.75) is 17.1 Å². The Kier molecular flexibility index (Phi) is 5.44. The van der Waals surface area contributed by atoms with E-state index in [-0.39, 0.29) is 17.1 Å². The summed E-state index contributed by atoms with van der Waals surface area (Å²) in [5, 5.41) is 2.71. The molecular weight excluding hydrogens is 390 g/mol. The smallest absolute Gasteiger partial charge is 0.410 e. The van der Waals surface area contributed by atoms with Gasteiger partial charge in [-0.3, -0.25) is 9.59 Å². The predicted octanol–water partition coefficient (Wildman–Crippen LogP) is 3.08. The molecule has 0 unspecified atom stereocenters. The first kappa shape index (κ1) is 19.3. The monoisotopic (exact) mass is 411 g/mol. The molecular formula is C21H21N3O4S. The molecule has 2 aliphatic rings. The normalized spacial score (nSPS) is 18.7. The van der Waals surface area contributed by atoms with Crippen LogP contribution >= 0.6 is 11.8 Å². The summed E-state index contributed by atoms with van der Waals surface area (Å²) < 4.78 is 5.36. The fraction of sp³-hybridized carbons (Fsp3) is 0.286. The van der Waals surface area contributed by atoms with Crippen molar-refractivity contribution in [1.29, 1.82) is 0 Å². The Morgan fingerprint density at radius 1 is 1.03 bits per heavy atom. The highest BCUT2D eigenvalue weighted by Crippen LogP contribution is 2.36. The van der Waals surface area contributed by atoms with Crippen LogP contribution in [-0.4, -0.2) is 59.1 Å². The van der Waals surface area contributed by atoms with Crippen LogP contribution in [0.25, 0.3) is 0 Å². The summed E-state index contributed by atoms with van der Waals surface area (Å²) in [5.41, 5.74) is 1.20. The maximum atomic E-state index is 12.9. The van der Waals surface area contributed by atoms with Crippen LogP contribution in [0.15, 0.2) is 53.4 Å². The SMILES string of the molecule is C[C@@H]1Sc2ccc(C(=O)N3CCN(C(=O)Oc4ccccc4)CC3)cc2NC1=O. The second-order valence-corrected chi connectivity index (χ2v) is 8.30. The van der Waals surface area contributed by atoms with Crippen LogP contribution < -0.4 is 10.1 Å². The third kappa shape index (κ3) is 4.22. The van der Waals surface area contributed by atoms with E-state index < -0.39 is 6.09 Å². The van der Waals surface area contributed by atoms with Gasteiger partial charge in [0.2, 0.25) is 5.91 Å².